The molecular formula is C19H33NO2Sn. The predicted molar refractivity (Wildman–Crippen MR) is 100 cm³/mol. The van der Waals surface area contributed by atoms with Gasteiger partial charge < -0.3 is 0 Å². The van der Waals surface area contributed by atoms with Gasteiger partial charge >= 0.3 is 146 Å². The number of carbonyl (C=O) groups excluding carboxylic acids is 1. The minimum absolute atomic E-state index is 0.312. The Hall–Kier alpha value is -0.581. The summed E-state index contributed by atoms with van der Waals surface area (Å²) in [6, 6.07) is 5.99. The number of unbranched alkanes of at least 4 members (excludes halogenated alkanes) is 3. The van der Waals surface area contributed by atoms with Gasteiger partial charge in [-0.1, -0.05) is 0 Å². The number of ether oxygens (including phenoxy) is 1. The second-order valence-electron chi connectivity index (χ2n) is 6.49. The zero-order chi connectivity index (χ0) is 17.1. The molecule has 0 atom stereocenters. The van der Waals surface area contributed by atoms with Crippen LogP contribution < -0.4 is 3.71 Å². The van der Waals surface area contributed by atoms with Crippen molar-refractivity contribution in [3.63, 3.8) is 0 Å². The third kappa shape index (κ3) is 6.09. The van der Waals surface area contributed by atoms with Crippen LogP contribution in [0.15, 0.2) is 18.2 Å². The third-order valence-electron chi connectivity index (χ3n) is 4.71. The van der Waals surface area contributed by atoms with Crippen LogP contribution in [0.2, 0.25) is 13.3 Å². The van der Waals surface area contributed by atoms with E-state index in [1.165, 1.54) is 62.7 Å². The van der Waals surface area contributed by atoms with Crippen molar-refractivity contribution in [3.05, 3.63) is 23.9 Å². The van der Waals surface area contributed by atoms with Gasteiger partial charge in [0.1, 0.15) is 0 Å². The molecule has 1 rings (SSSR count). The van der Waals surface area contributed by atoms with Gasteiger partial charge in [0.2, 0.25) is 0 Å². The second-order valence-corrected chi connectivity index (χ2v) is 19.5. The molecule has 23 heavy (non-hydrogen) atoms. The first-order chi connectivity index (χ1) is 11.1. The van der Waals surface area contributed by atoms with E-state index in [4.69, 9.17) is 9.72 Å². The van der Waals surface area contributed by atoms with Crippen molar-refractivity contribution >= 4 is 28.1 Å². The Balaban J connectivity index is 3.20. The van der Waals surface area contributed by atoms with Crippen molar-refractivity contribution in [3.8, 4) is 0 Å². The summed E-state index contributed by atoms with van der Waals surface area (Å²) in [5.41, 5.74) is 0.482. The quantitative estimate of drug-likeness (QED) is 0.373. The number of hydrogen-bond donors (Lipinski definition) is 0. The molecule has 1 heterocycles. The first kappa shape index (κ1) is 20.5. The Labute approximate surface area is 146 Å². The van der Waals surface area contributed by atoms with Crippen molar-refractivity contribution in [2.24, 2.45) is 0 Å². The van der Waals surface area contributed by atoms with E-state index in [1.54, 1.807) is 6.07 Å². The van der Waals surface area contributed by atoms with Crippen molar-refractivity contribution in [1.29, 1.82) is 0 Å². The molecule has 0 N–H and O–H groups in total. The van der Waals surface area contributed by atoms with Gasteiger partial charge in [-0.3, -0.25) is 0 Å². The second kappa shape index (κ2) is 11.1. The number of rotatable bonds is 11. The van der Waals surface area contributed by atoms with E-state index >= 15 is 0 Å². The molecule has 130 valence electrons. The summed E-state index contributed by atoms with van der Waals surface area (Å²) in [4.78, 5) is 16.7. The van der Waals surface area contributed by atoms with E-state index in [2.05, 4.69) is 26.8 Å². The number of esters is 1. The predicted octanol–water partition coefficient (Wildman–Crippen LogP) is 4.92. The van der Waals surface area contributed by atoms with Gasteiger partial charge in [-0.2, -0.15) is 0 Å². The Morgan fingerprint density at radius 1 is 1.00 bits per heavy atom. The average molecular weight is 426 g/mol. The van der Waals surface area contributed by atoms with Crippen molar-refractivity contribution in [2.75, 3.05) is 7.11 Å². The zero-order valence-corrected chi connectivity index (χ0v) is 18.2. The molecule has 0 bridgehead atoms. The van der Waals surface area contributed by atoms with Gasteiger partial charge in [-0.05, 0) is 0 Å². The summed E-state index contributed by atoms with van der Waals surface area (Å²) in [5.74, 6) is -0.312. The van der Waals surface area contributed by atoms with Gasteiger partial charge in [-0.25, -0.2) is 0 Å². The number of pyridine rings is 1. The molecule has 0 aliphatic rings. The van der Waals surface area contributed by atoms with Crippen LogP contribution >= 0.6 is 0 Å². The van der Waals surface area contributed by atoms with Crippen molar-refractivity contribution in [2.45, 2.75) is 72.6 Å². The third-order valence-corrected chi connectivity index (χ3v) is 19.8. The summed E-state index contributed by atoms with van der Waals surface area (Å²) in [6.07, 6.45) is 7.63. The number of nitrogens with zero attached hydrogens (tertiary/aromatic N) is 1. The van der Waals surface area contributed by atoms with E-state index in [9.17, 15) is 4.79 Å². The van der Waals surface area contributed by atoms with Crippen molar-refractivity contribution < 1.29 is 9.53 Å². The van der Waals surface area contributed by atoms with E-state index in [-0.39, 0.29) is 5.97 Å². The molecule has 0 unspecified atom stereocenters. The summed E-state index contributed by atoms with van der Waals surface area (Å²) >= 11 is -2.54. The Morgan fingerprint density at radius 3 is 1.96 bits per heavy atom. The maximum absolute atomic E-state index is 11.9. The molecule has 1 aromatic rings. The fourth-order valence-corrected chi connectivity index (χ4v) is 18.7. The molecule has 3 nitrogen and oxygen atoms in total. The molecule has 0 spiro atoms. The van der Waals surface area contributed by atoms with Gasteiger partial charge in [0, 0.05) is 0 Å². The molecule has 0 aliphatic carbocycles. The van der Waals surface area contributed by atoms with Gasteiger partial charge in [0.15, 0.2) is 0 Å². The summed E-state index contributed by atoms with van der Waals surface area (Å²) in [7, 11) is 1.43. The fourth-order valence-electron chi connectivity index (χ4n) is 3.25. The summed E-state index contributed by atoms with van der Waals surface area (Å²) in [5, 5.41) is 0. The van der Waals surface area contributed by atoms with Gasteiger partial charge in [-0.15, -0.1) is 0 Å². The molecule has 0 amide bonds. The number of carbonyl (C=O) groups is 1. The van der Waals surface area contributed by atoms with Crippen LogP contribution in [0.4, 0.5) is 0 Å². The minimum atomic E-state index is -2.54. The summed E-state index contributed by atoms with van der Waals surface area (Å²) in [6.45, 7) is 6.82. The van der Waals surface area contributed by atoms with Crippen LogP contribution in [-0.4, -0.2) is 36.4 Å². The first-order valence-corrected chi connectivity index (χ1v) is 16.7. The normalized spacial score (nSPS) is 11.5. The van der Waals surface area contributed by atoms with Crippen LogP contribution in [0.5, 0.6) is 0 Å². The van der Waals surface area contributed by atoms with Gasteiger partial charge in [0.25, 0.3) is 0 Å². The fraction of sp³-hybridized carbons (Fsp3) is 0.684. The van der Waals surface area contributed by atoms with Crippen LogP contribution in [0.3, 0.4) is 0 Å². The van der Waals surface area contributed by atoms with Crippen LogP contribution in [0.1, 0.15) is 69.8 Å². The molecule has 1 aromatic heterocycles. The Morgan fingerprint density at radius 2 is 1.52 bits per heavy atom. The standard InChI is InChI=1S/C7H6NO2.3C4H9.Sn/c1-10-7(9)6-4-2-3-5-8-6;3*1-3-4-2;/h2-4H,1H3;3*1,3-4H2,2H3;. The van der Waals surface area contributed by atoms with Crippen LogP contribution in [0, 0.1) is 0 Å². The van der Waals surface area contributed by atoms with Crippen LogP contribution in [-0.2, 0) is 4.74 Å². The molecule has 0 aliphatic heterocycles. The SMILES string of the molecule is CCC[CH2][Sn]([CH2]CCC)([CH2]CCC)[c]1cccc(C(=O)OC)n1. The molecular weight excluding hydrogens is 393 g/mol. The monoisotopic (exact) mass is 427 g/mol. The molecule has 0 aromatic carbocycles. The zero-order valence-electron chi connectivity index (χ0n) is 15.4. The molecule has 0 fully saturated rings. The molecule has 0 radical (unpaired) electrons. The van der Waals surface area contributed by atoms with E-state index < -0.39 is 18.4 Å². The van der Waals surface area contributed by atoms with E-state index in [1.807, 2.05) is 6.07 Å². The molecule has 0 saturated carbocycles. The first-order valence-electron chi connectivity index (χ1n) is 9.19. The van der Waals surface area contributed by atoms with E-state index in [0.29, 0.717) is 5.69 Å². The van der Waals surface area contributed by atoms with Crippen molar-refractivity contribution in [1.82, 2.24) is 4.98 Å². The Kier molecular flexibility index (Phi) is 9.84. The maximum atomic E-state index is 11.9. The average Bonchev–Trinajstić information content (AvgIpc) is 2.61. The topological polar surface area (TPSA) is 39.2 Å². The summed E-state index contributed by atoms with van der Waals surface area (Å²) < 4.78 is 10.3. The van der Waals surface area contributed by atoms with E-state index in [0.717, 1.165) is 0 Å². The molecule has 0 saturated heterocycles. The van der Waals surface area contributed by atoms with Crippen LogP contribution in [0.25, 0.3) is 0 Å². The van der Waals surface area contributed by atoms with Gasteiger partial charge in [0.05, 0.1) is 0 Å². The number of hydrogen-bond acceptors (Lipinski definition) is 3. The number of aromatic nitrogens is 1. The Bertz CT molecular complexity index is 454. The number of methoxy groups -OCH3 is 1. The molecule has 4 heteroatoms.